The number of hydrogen-bond donors (Lipinski definition) is 2. The Kier molecular flexibility index (Phi) is 6.35. The molecule has 1 aliphatic heterocycles. The summed E-state index contributed by atoms with van der Waals surface area (Å²) in [6, 6.07) is 8.26. The van der Waals surface area contributed by atoms with E-state index in [1.807, 2.05) is 18.2 Å². The van der Waals surface area contributed by atoms with Crippen LogP contribution in [0.1, 0.15) is 56.6 Å². The Balaban J connectivity index is 1.43. The maximum absolute atomic E-state index is 6.05. The van der Waals surface area contributed by atoms with Crippen LogP contribution in [0.2, 0.25) is 0 Å². The number of guanidine groups is 1. The third-order valence-electron chi connectivity index (χ3n) is 4.81. The Hall–Kier alpha value is -1.75. The number of ether oxygens (including phenoxy) is 2. The first-order valence-electron chi connectivity index (χ1n) is 9.23. The maximum Gasteiger partial charge on any atom is 0.189 e. The van der Waals surface area contributed by atoms with Gasteiger partial charge in [0.25, 0.3) is 0 Å². The summed E-state index contributed by atoms with van der Waals surface area (Å²) in [5, 5.41) is 3.32. The molecule has 1 heterocycles. The van der Waals surface area contributed by atoms with Gasteiger partial charge in [-0.3, -0.25) is 4.99 Å². The number of nitrogens with one attached hydrogen (secondary N) is 1. The van der Waals surface area contributed by atoms with Gasteiger partial charge in [0, 0.05) is 12.0 Å². The van der Waals surface area contributed by atoms with Crippen molar-refractivity contribution in [3.8, 4) is 5.75 Å². The Bertz CT molecular complexity index is 539. The van der Waals surface area contributed by atoms with E-state index in [9.17, 15) is 0 Å². The number of nitrogens with zero attached hydrogens (tertiary/aromatic N) is 1. The van der Waals surface area contributed by atoms with Crippen molar-refractivity contribution in [1.29, 1.82) is 0 Å². The first-order valence-corrected chi connectivity index (χ1v) is 9.23. The highest BCUT2D eigenvalue weighted by molar-refractivity contribution is 5.78. The molecule has 1 aromatic carbocycles. The van der Waals surface area contributed by atoms with Crippen molar-refractivity contribution < 1.29 is 9.47 Å². The zero-order valence-electron chi connectivity index (χ0n) is 14.4. The van der Waals surface area contributed by atoms with Gasteiger partial charge in [-0.05, 0) is 18.9 Å². The average molecular weight is 331 g/mol. The molecular weight excluding hydrogens is 302 g/mol. The number of hydrogen-bond acceptors (Lipinski definition) is 3. The second-order valence-corrected chi connectivity index (χ2v) is 6.62. The van der Waals surface area contributed by atoms with Crippen molar-refractivity contribution in [3.05, 3.63) is 29.8 Å². The number of fused-ring (bicyclic) bond motifs is 1. The van der Waals surface area contributed by atoms with E-state index < -0.39 is 0 Å². The first kappa shape index (κ1) is 17.1. The third-order valence-corrected chi connectivity index (χ3v) is 4.81. The molecule has 1 aliphatic carbocycles. The van der Waals surface area contributed by atoms with Crippen LogP contribution in [-0.2, 0) is 4.74 Å². The summed E-state index contributed by atoms with van der Waals surface area (Å²) in [4.78, 5) is 4.42. The topological polar surface area (TPSA) is 68.9 Å². The van der Waals surface area contributed by atoms with Crippen LogP contribution in [0.3, 0.4) is 0 Å². The van der Waals surface area contributed by atoms with Gasteiger partial charge in [-0.25, -0.2) is 0 Å². The van der Waals surface area contributed by atoms with Crippen LogP contribution >= 0.6 is 0 Å². The average Bonchev–Trinajstić information content (AvgIpc) is 2.88. The lowest BCUT2D eigenvalue weighted by Crippen LogP contribution is -2.37. The van der Waals surface area contributed by atoms with E-state index in [0.717, 1.165) is 17.7 Å². The monoisotopic (exact) mass is 331 g/mol. The van der Waals surface area contributed by atoms with Crippen LogP contribution in [0, 0.1) is 0 Å². The van der Waals surface area contributed by atoms with E-state index >= 15 is 0 Å². The second-order valence-electron chi connectivity index (χ2n) is 6.62. The van der Waals surface area contributed by atoms with Crippen LogP contribution in [0.15, 0.2) is 29.3 Å². The Morgan fingerprint density at radius 1 is 1.17 bits per heavy atom. The minimum atomic E-state index is 0.168. The molecule has 132 valence electrons. The summed E-state index contributed by atoms with van der Waals surface area (Å²) in [7, 11) is 0. The van der Waals surface area contributed by atoms with Crippen LogP contribution in [0.25, 0.3) is 0 Å². The molecule has 0 radical (unpaired) electrons. The number of benzene rings is 1. The standard InChI is InChI=1S/C19H29N3O2/c20-19(21-12-14-23-15-7-3-1-2-4-8-15)22-17-11-13-24-18-10-6-5-9-16(17)18/h5-6,9-10,15,17H,1-4,7-8,11-14H2,(H3,20,21,22). The molecule has 1 aromatic rings. The van der Waals surface area contributed by atoms with Crippen LogP contribution in [0.5, 0.6) is 5.75 Å². The molecule has 3 rings (SSSR count). The highest BCUT2D eigenvalue weighted by atomic mass is 16.5. The summed E-state index contributed by atoms with van der Waals surface area (Å²) >= 11 is 0. The van der Waals surface area contributed by atoms with Crippen LogP contribution in [0.4, 0.5) is 0 Å². The van der Waals surface area contributed by atoms with E-state index in [0.29, 0.717) is 31.8 Å². The van der Waals surface area contributed by atoms with Gasteiger partial charge in [0.15, 0.2) is 5.96 Å². The van der Waals surface area contributed by atoms with E-state index in [2.05, 4.69) is 16.4 Å². The third kappa shape index (κ3) is 4.87. The Morgan fingerprint density at radius 3 is 2.79 bits per heavy atom. The van der Waals surface area contributed by atoms with E-state index in [1.165, 1.54) is 38.5 Å². The molecule has 0 bridgehead atoms. The lowest BCUT2D eigenvalue weighted by atomic mass is 10.0. The van der Waals surface area contributed by atoms with Crippen molar-refractivity contribution in [1.82, 2.24) is 5.32 Å². The van der Waals surface area contributed by atoms with E-state index in [1.54, 1.807) is 0 Å². The number of nitrogens with two attached hydrogens (primary N) is 1. The molecule has 0 saturated heterocycles. The zero-order valence-corrected chi connectivity index (χ0v) is 14.4. The molecule has 3 N–H and O–H groups in total. The van der Waals surface area contributed by atoms with E-state index in [-0.39, 0.29) is 6.04 Å². The van der Waals surface area contributed by atoms with Gasteiger partial charge < -0.3 is 20.5 Å². The number of rotatable bonds is 5. The number of para-hydroxylation sites is 1. The van der Waals surface area contributed by atoms with Crippen LogP contribution < -0.4 is 15.8 Å². The molecule has 5 nitrogen and oxygen atoms in total. The fraction of sp³-hybridized carbons (Fsp3) is 0.632. The van der Waals surface area contributed by atoms with Crippen molar-refractivity contribution in [3.63, 3.8) is 0 Å². The van der Waals surface area contributed by atoms with E-state index in [4.69, 9.17) is 15.2 Å². The number of aliphatic imine (C=N–C) groups is 1. The Labute approximate surface area is 144 Å². The molecule has 1 fully saturated rings. The first-order chi connectivity index (χ1) is 11.8. The normalized spacial score (nSPS) is 22.3. The molecule has 1 unspecified atom stereocenters. The molecule has 2 aliphatic rings. The fourth-order valence-electron chi connectivity index (χ4n) is 3.51. The molecule has 24 heavy (non-hydrogen) atoms. The summed E-state index contributed by atoms with van der Waals surface area (Å²) in [6.45, 7) is 1.96. The minimum Gasteiger partial charge on any atom is -0.493 e. The summed E-state index contributed by atoms with van der Waals surface area (Å²) in [6.07, 6.45) is 8.97. The molecule has 0 aromatic heterocycles. The van der Waals surface area contributed by atoms with Crippen molar-refractivity contribution in [2.75, 3.05) is 19.8 Å². The largest absolute Gasteiger partial charge is 0.493 e. The van der Waals surface area contributed by atoms with Gasteiger partial charge in [-0.1, -0.05) is 43.9 Å². The van der Waals surface area contributed by atoms with Gasteiger partial charge in [0.1, 0.15) is 5.75 Å². The van der Waals surface area contributed by atoms with Gasteiger partial charge in [0.05, 0.1) is 31.9 Å². The van der Waals surface area contributed by atoms with Crippen molar-refractivity contribution in [2.24, 2.45) is 10.7 Å². The predicted octanol–water partition coefficient (Wildman–Crippen LogP) is 3.15. The summed E-state index contributed by atoms with van der Waals surface area (Å²) in [5.74, 6) is 1.42. The van der Waals surface area contributed by atoms with Gasteiger partial charge >= 0.3 is 0 Å². The zero-order chi connectivity index (χ0) is 16.6. The molecule has 0 amide bonds. The smallest absolute Gasteiger partial charge is 0.189 e. The SMILES string of the molecule is NC(=NCCOC1CCCCCC1)NC1CCOc2ccccc21. The molecular formula is C19H29N3O2. The molecule has 0 spiro atoms. The second kappa shape index (κ2) is 8.92. The molecule has 1 saturated carbocycles. The summed E-state index contributed by atoms with van der Waals surface area (Å²) in [5.41, 5.74) is 7.20. The summed E-state index contributed by atoms with van der Waals surface area (Å²) < 4.78 is 11.6. The van der Waals surface area contributed by atoms with Crippen molar-refractivity contribution in [2.45, 2.75) is 57.1 Å². The minimum absolute atomic E-state index is 0.168. The fourth-order valence-corrected chi connectivity index (χ4v) is 3.51. The maximum atomic E-state index is 6.05. The quantitative estimate of drug-likeness (QED) is 0.376. The highest BCUT2D eigenvalue weighted by Crippen LogP contribution is 2.31. The van der Waals surface area contributed by atoms with Crippen molar-refractivity contribution >= 4 is 5.96 Å². The predicted molar refractivity (Wildman–Crippen MR) is 96.4 cm³/mol. The Morgan fingerprint density at radius 2 is 1.96 bits per heavy atom. The lowest BCUT2D eigenvalue weighted by Gasteiger charge is -2.27. The molecule has 1 atom stereocenters. The molecule has 5 heteroatoms. The van der Waals surface area contributed by atoms with Gasteiger partial charge in [0.2, 0.25) is 0 Å². The van der Waals surface area contributed by atoms with Gasteiger partial charge in [-0.15, -0.1) is 0 Å². The highest BCUT2D eigenvalue weighted by Gasteiger charge is 2.21. The van der Waals surface area contributed by atoms with Gasteiger partial charge in [-0.2, -0.15) is 0 Å². The lowest BCUT2D eigenvalue weighted by molar-refractivity contribution is 0.0487. The van der Waals surface area contributed by atoms with Crippen LogP contribution in [-0.4, -0.2) is 31.8 Å².